The van der Waals surface area contributed by atoms with Crippen LogP contribution in [0.25, 0.3) is 0 Å². The Labute approximate surface area is 135 Å². The summed E-state index contributed by atoms with van der Waals surface area (Å²) < 4.78 is 37.5. The van der Waals surface area contributed by atoms with E-state index in [1.54, 1.807) is 4.90 Å². The fourth-order valence-electron chi connectivity index (χ4n) is 2.46. The molecule has 23 heavy (non-hydrogen) atoms. The van der Waals surface area contributed by atoms with Crippen LogP contribution in [-0.4, -0.2) is 34.8 Å². The lowest BCUT2D eigenvalue weighted by atomic mass is 9.97. The molecular weight excluding hydrogens is 331 g/mol. The normalized spacial score (nSPS) is 18.8. The third-order valence-electron chi connectivity index (χ3n) is 3.63. The first-order valence-electron chi connectivity index (χ1n) is 7.42. The molecule has 128 valence electrons. The molecule has 0 spiro atoms. The molecule has 0 bridgehead atoms. The first-order chi connectivity index (χ1) is 10.8. The Balaban J connectivity index is 1.95. The molecule has 5 nitrogen and oxygen atoms in total. The molecule has 1 atom stereocenters. The quantitative estimate of drug-likeness (QED) is 0.908. The molecular formula is C14H18F3N3O2S. The molecule has 1 fully saturated rings. The highest BCUT2D eigenvalue weighted by molar-refractivity contribution is 7.13. The third kappa shape index (κ3) is 4.66. The average Bonchev–Trinajstić information content (AvgIpc) is 2.96. The molecule has 9 heteroatoms. The van der Waals surface area contributed by atoms with Gasteiger partial charge in [0.25, 0.3) is 0 Å². The van der Waals surface area contributed by atoms with Gasteiger partial charge in [0.2, 0.25) is 11.8 Å². The second kappa shape index (κ2) is 7.29. The van der Waals surface area contributed by atoms with Gasteiger partial charge in [0, 0.05) is 24.9 Å². The lowest BCUT2D eigenvalue weighted by Gasteiger charge is -2.31. The number of aromatic nitrogens is 1. The number of halogens is 3. The van der Waals surface area contributed by atoms with Gasteiger partial charge < -0.3 is 10.2 Å². The van der Waals surface area contributed by atoms with Crippen LogP contribution in [-0.2, 0) is 15.8 Å². The number of nitrogens with one attached hydrogen (secondary N) is 1. The molecule has 2 heterocycles. The van der Waals surface area contributed by atoms with Crippen LogP contribution in [0.3, 0.4) is 0 Å². The molecule has 1 aromatic heterocycles. The monoisotopic (exact) mass is 349 g/mol. The van der Waals surface area contributed by atoms with Crippen molar-refractivity contribution in [2.75, 3.05) is 18.4 Å². The zero-order valence-electron chi connectivity index (χ0n) is 12.7. The van der Waals surface area contributed by atoms with Crippen LogP contribution in [0.5, 0.6) is 0 Å². The molecule has 1 aliphatic heterocycles. The van der Waals surface area contributed by atoms with Gasteiger partial charge >= 0.3 is 6.18 Å². The predicted octanol–water partition coefficient (Wildman–Crippen LogP) is 3.14. The highest BCUT2D eigenvalue weighted by atomic mass is 32.1. The van der Waals surface area contributed by atoms with Crippen molar-refractivity contribution in [2.24, 2.45) is 5.92 Å². The number of hydrogen-bond donors (Lipinski definition) is 1. The first kappa shape index (κ1) is 17.7. The van der Waals surface area contributed by atoms with Crippen LogP contribution in [0.4, 0.5) is 18.3 Å². The minimum atomic E-state index is -4.52. The molecule has 0 radical (unpaired) electrons. The van der Waals surface area contributed by atoms with Gasteiger partial charge in [0.1, 0.15) is 0 Å². The minimum absolute atomic E-state index is 0.0126. The van der Waals surface area contributed by atoms with Crippen LogP contribution in [0, 0.1) is 5.92 Å². The number of piperidine rings is 1. The van der Waals surface area contributed by atoms with Gasteiger partial charge in [-0.05, 0) is 19.3 Å². The lowest BCUT2D eigenvalue weighted by Crippen LogP contribution is -2.43. The maximum absolute atomic E-state index is 12.5. The Bertz CT molecular complexity index is 574. The number of amides is 2. The van der Waals surface area contributed by atoms with Crippen LogP contribution >= 0.6 is 11.3 Å². The Morgan fingerprint density at radius 3 is 2.83 bits per heavy atom. The van der Waals surface area contributed by atoms with E-state index in [4.69, 9.17) is 0 Å². The molecule has 2 rings (SSSR count). The molecule has 0 aromatic carbocycles. The van der Waals surface area contributed by atoms with Crippen LogP contribution < -0.4 is 5.32 Å². The molecule has 0 saturated carbocycles. The van der Waals surface area contributed by atoms with Crippen LogP contribution in [0.1, 0.15) is 38.3 Å². The summed E-state index contributed by atoms with van der Waals surface area (Å²) in [5, 5.41) is 3.22. The predicted molar refractivity (Wildman–Crippen MR) is 80.0 cm³/mol. The van der Waals surface area contributed by atoms with E-state index in [-0.39, 0.29) is 16.9 Å². The summed E-state index contributed by atoms with van der Waals surface area (Å²) in [6.07, 6.45) is -2.02. The summed E-state index contributed by atoms with van der Waals surface area (Å²) >= 11 is 0.740. The largest absolute Gasteiger partial charge is 0.434 e. The highest BCUT2D eigenvalue weighted by Crippen LogP contribution is 2.32. The van der Waals surface area contributed by atoms with Gasteiger partial charge in [-0.2, -0.15) is 13.2 Å². The van der Waals surface area contributed by atoms with Crippen molar-refractivity contribution < 1.29 is 22.8 Å². The summed E-state index contributed by atoms with van der Waals surface area (Å²) in [5.41, 5.74) is -1.01. The summed E-state index contributed by atoms with van der Waals surface area (Å²) in [7, 11) is 0. The van der Waals surface area contributed by atoms with Gasteiger partial charge in [0.05, 0.1) is 5.92 Å². The molecule has 1 saturated heterocycles. The van der Waals surface area contributed by atoms with E-state index < -0.39 is 17.8 Å². The topological polar surface area (TPSA) is 62.3 Å². The van der Waals surface area contributed by atoms with E-state index in [9.17, 15) is 22.8 Å². The summed E-state index contributed by atoms with van der Waals surface area (Å²) in [5.74, 6) is -0.788. The van der Waals surface area contributed by atoms with Gasteiger partial charge in [-0.1, -0.05) is 6.92 Å². The van der Waals surface area contributed by atoms with Crippen molar-refractivity contribution in [3.05, 3.63) is 11.1 Å². The molecule has 1 aliphatic rings. The number of thiazole rings is 1. The maximum atomic E-state index is 12.5. The van der Waals surface area contributed by atoms with E-state index >= 15 is 0 Å². The van der Waals surface area contributed by atoms with Crippen molar-refractivity contribution in [1.82, 2.24) is 9.88 Å². The summed E-state index contributed by atoms with van der Waals surface area (Å²) in [6, 6.07) is 0. The van der Waals surface area contributed by atoms with Gasteiger partial charge in [-0.25, -0.2) is 4.98 Å². The molecule has 1 aromatic rings. The van der Waals surface area contributed by atoms with E-state index in [2.05, 4.69) is 10.3 Å². The fraction of sp³-hybridized carbons (Fsp3) is 0.643. The van der Waals surface area contributed by atoms with Gasteiger partial charge in [0.15, 0.2) is 10.8 Å². The number of alkyl halides is 3. The minimum Gasteiger partial charge on any atom is -0.342 e. The Morgan fingerprint density at radius 1 is 1.48 bits per heavy atom. The van der Waals surface area contributed by atoms with E-state index in [1.165, 1.54) is 0 Å². The first-order valence-corrected chi connectivity index (χ1v) is 8.30. The summed E-state index contributed by atoms with van der Waals surface area (Å²) in [4.78, 5) is 29.1. The SMILES string of the molecule is CCCC(=O)N1CCCC(C(=O)Nc2nc(C(F)(F)F)cs2)C1. The van der Waals surface area contributed by atoms with Crippen molar-refractivity contribution >= 4 is 28.3 Å². The molecule has 1 N–H and O–H groups in total. The number of likely N-dealkylation sites (tertiary alicyclic amines) is 1. The number of hydrogen-bond acceptors (Lipinski definition) is 4. The lowest BCUT2D eigenvalue weighted by molar-refractivity contribution is -0.141. The Morgan fingerprint density at radius 2 is 2.22 bits per heavy atom. The summed E-state index contributed by atoms with van der Waals surface area (Å²) in [6.45, 7) is 2.84. The number of anilines is 1. The van der Waals surface area contributed by atoms with Gasteiger partial charge in [-0.15, -0.1) is 11.3 Å². The van der Waals surface area contributed by atoms with E-state index in [0.29, 0.717) is 32.4 Å². The third-order valence-corrected chi connectivity index (χ3v) is 4.39. The smallest absolute Gasteiger partial charge is 0.342 e. The van der Waals surface area contributed by atoms with Crippen molar-refractivity contribution in [2.45, 2.75) is 38.8 Å². The maximum Gasteiger partial charge on any atom is 0.434 e. The molecule has 1 unspecified atom stereocenters. The fourth-order valence-corrected chi connectivity index (χ4v) is 3.18. The number of nitrogens with zero attached hydrogens (tertiary/aromatic N) is 2. The average molecular weight is 349 g/mol. The molecule has 2 amide bonds. The zero-order valence-corrected chi connectivity index (χ0v) is 13.5. The standard InChI is InChI=1S/C14H18F3N3O2S/c1-2-4-11(21)20-6-3-5-9(7-20)12(22)19-13-18-10(8-23-13)14(15,16)17/h8-9H,2-7H2,1H3,(H,18,19,22). The number of rotatable bonds is 4. The second-order valence-corrected chi connectivity index (χ2v) is 6.31. The van der Waals surface area contributed by atoms with Crippen molar-refractivity contribution in [3.63, 3.8) is 0 Å². The van der Waals surface area contributed by atoms with Crippen LogP contribution in [0.15, 0.2) is 5.38 Å². The Hall–Kier alpha value is -1.64. The van der Waals surface area contributed by atoms with Gasteiger partial charge in [-0.3, -0.25) is 9.59 Å². The van der Waals surface area contributed by atoms with Crippen molar-refractivity contribution in [1.29, 1.82) is 0 Å². The van der Waals surface area contributed by atoms with E-state index in [0.717, 1.165) is 23.1 Å². The van der Waals surface area contributed by atoms with Crippen molar-refractivity contribution in [3.8, 4) is 0 Å². The van der Waals surface area contributed by atoms with Crippen LogP contribution in [0.2, 0.25) is 0 Å². The zero-order chi connectivity index (χ0) is 17.0. The highest BCUT2D eigenvalue weighted by Gasteiger charge is 2.34. The Kier molecular flexibility index (Phi) is 5.61. The van der Waals surface area contributed by atoms with E-state index in [1.807, 2.05) is 6.92 Å². The molecule has 0 aliphatic carbocycles. The second-order valence-electron chi connectivity index (χ2n) is 5.45. The number of carbonyl (C=O) groups is 2. The number of carbonyl (C=O) groups excluding carboxylic acids is 2.